The van der Waals surface area contributed by atoms with Crippen LogP contribution in [-0.4, -0.2) is 26.5 Å². The van der Waals surface area contributed by atoms with Crippen molar-refractivity contribution in [3.05, 3.63) is 36.4 Å². The quantitative estimate of drug-likeness (QED) is 0.587. The molecule has 0 saturated carbocycles. The van der Waals surface area contributed by atoms with E-state index >= 15 is 0 Å². The number of hydrogen-bond donors (Lipinski definition) is 0. The number of imide groups is 1. The van der Waals surface area contributed by atoms with Crippen LogP contribution in [0.5, 0.6) is 5.75 Å². The van der Waals surface area contributed by atoms with E-state index in [0.717, 1.165) is 23.3 Å². The van der Waals surface area contributed by atoms with Crippen LogP contribution in [0.4, 0.5) is 5.69 Å². The minimum atomic E-state index is -3.65. The normalized spacial score (nSPS) is 15.3. The van der Waals surface area contributed by atoms with Crippen molar-refractivity contribution >= 4 is 27.6 Å². The Labute approximate surface area is 104 Å². The Bertz CT molecular complexity index is 629. The third-order valence-electron chi connectivity index (χ3n) is 2.13. The number of carbonyl (C=O) groups excluding carboxylic acids is 2. The van der Waals surface area contributed by atoms with Crippen molar-refractivity contribution in [2.45, 2.75) is 0 Å². The monoisotopic (exact) mass is 267 g/mol. The molecule has 94 valence electrons. The van der Waals surface area contributed by atoms with Crippen molar-refractivity contribution in [1.82, 2.24) is 0 Å². The molecule has 0 N–H and O–H groups in total. The predicted octanol–water partition coefficient (Wildman–Crippen LogP) is 0.454. The first-order valence-corrected chi connectivity index (χ1v) is 6.74. The molecule has 1 aromatic carbocycles. The number of rotatable bonds is 3. The van der Waals surface area contributed by atoms with Crippen molar-refractivity contribution in [2.24, 2.45) is 0 Å². The fourth-order valence-corrected chi connectivity index (χ4v) is 1.96. The lowest BCUT2D eigenvalue weighted by molar-refractivity contribution is -0.119. The Morgan fingerprint density at radius 3 is 2.28 bits per heavy atom. The second-order valence-corrected chi connectivity index (χ2v) is 5.20. The Kier molecular flexibility index (Phi) is 2.92. The van der Waals surface area contributed by atoms with Gasteiger partial charge in [-0.05, 0) is 12.1 Å². The molecule has 1 heterocycles. The number of hydrogen-bond acceptors (Lipinski definition) is 5. The van der Waals surface area contributed by atoms with Gasteiger partial charge in [0.15, 0.2) is 0 Å². The zero-order chi connectivity index (χ0) is 13.3. The Morgan fingerprint density at radius 2 is 1.72 bits per heavy atom. The highest BCUT2D eigenvalue weighted by molar-refractivity contribution is 7.86. The summed E-state index contributed by atoms with van der Waals surface area (Å²) >= 11 is 0. The van der Waals surface area contributed by atoms with Crippen LogP contribution in [-0.2, 0) is 19.7 Å². The van der Waals surface area contributed by atoms with Gasteiger partial charge in [0.1, 0.15) is 5.75 Å². The summed E-state index contributed by atoms with van der Waals surface area (Å²) in [6.45, 7) is 0. The van der Waals surface area contributed by atoms with E-state index in [1.165, 1.54) is 24.3 Å². The maximum atomic E-state index is 11.4. The number of amides is 2. The standard InChI is InChI=1S/C11H9NO5S/c1-18(15,16)17-9-4-2-3-8(7-9)12-10(13)5-6-11(12)14/h2-7H,1H3. The Balaban J connectivity index is 2.33. The van der Waals surface area contributed by atoms with Crippen LogP contribution < -0.4 is 9.08 Å². The van der Waals surface area contributed by atoms with Crippen molar-refractivity contribution < 1.29 is 22.2 Å². The third kappa shape index (κ3) is 2.57. The minimum Gasteiger partial charge on any atom is -0.383 e. The summed E-state index contributed by atoms with van der Waals surface area (Å²) in [6.07, 6.45) is 3.20. The molecule has 0 radical (unpaired) electrons. The van der Waals surface area contributed by atoms with Crippen LogP contribution in [0.3, 0.4) is 0 Å². The van der Waals surface area contributed by atoms with Gasteiger partial charge in [0, 0.05) is 18.2 Å². The lowest BCUT2D eigenvalue weighted by Crippen LogP contribution is -2.29. The second kappa shape index (κ2) is 4.26. The molecule has 1 aliphatic rings. The fraction of sp³-hybridized carbons (Fsp3) is 0.0909. The zero-order valence-electron chi connectivity index (χ0n) is 9.36. The summed E-state index contributed by atoms with van der Waals surface area (Å²) in [5.41, 5.74) is 0.260. The van der Waals surface area contributed by atoms with Gasteiger partial charge < -0.3 is 4.18 Å². The van der Waals surface area contributed by atoms with Crippen molar-refractivity contribution in [1.29, 1.82) is 0 Å². The molecule has 0 bridgehead atoms. The molecule has 0 fully saturated rings. The maximum Gasteiger partial charge on any atom is 0.306 e. The molecule has 0 aromatic heterocycles. The van der Waals surface area contributed by atoms with Crippen LogP contribution >= 0.6 is 0 Å². The zero-order valence-corrected chi connectivity index (χ0v) is 10.2. The molecule has 0 aliphatic carbocycles. The molecule has 18 heavy (non-hydrogen) atoms. The molecule has 2 amide bonds. The van der Waals surface area contributed by atoms with E-state index in [0.29, 0.717) is 0 Å². The summed E-state index contributed by atoms with van der Waals surface area (Å²) in [4.78, 5) is 23.8. The molecule has 2 rings (SSSR count). The molecule has 0 atom stereocenters. The van der Waals surface area contributed by atoms with Crippen LogP contribution in [0.1, 0.15) is 0 Å². The number of benzene rings is 1. The van der Waals surface area contributed by atoms with Crippen molar-refractivity contribution in [3.8, 4) is 5.75 Å². The molecular weight excluding hydrogens is 258 g/mol. The van der Waals surface area contributed by atoms with E-state index in [1.54, 1.807) is 0 Å². The highest BCUT2D eigenvalue weighted by Crippen LogP contribution is 2.24. The molecule has 0 saturated heterocycles. The SMILES string of the molecule is CS(=O)(=O)Oc1cccc(N2C(=O)C=CC2=O)c1. The molecule has 1 aliphatic heterocycles. The molecule has 6 nitrogen and oxygen atoms in total. The molecule has 0 unspecified atom stereocenters. The first kappa shape index (κ1) is 12.3. The van der Waals surface area contributed by atoms with Gasteiger partial charge in [0.05, 0.1) is 11.9 Å². The summed E-state index contributed by atoms with van der Waals surface area (Å²) in [6, 6.07) is 5.74. The van der Waals surface area contributed by atoms with Gasteiger partial charge in [-0.3, -0.25) is 9.59 Å². The summed E-state index contributed by atoms with van der Waals surface area (Å²) in [5, 5.41) is 0. The smallest absolute Gasteiger partial charge is 0.306 e. The fourth-order valence-electron chi connectivity index (χ4n) is 1.50. The van der Waals surface area contributed by atoms with Gasteiger partial charge in [-0.15, -0.1) is 0 Å². The highest BCUT2D eigenvalue weighted by atomic mass is 32.2. The lowest BCUT2D eigenvalue weighted by atomic mass is 10.3. The van der Waals surface area contributed by atoms with E-state index in [1.807, 2.05) is 0 Å². The van der Waals surface area contributed by atoms with E-state index in [9.17, 15) is 18.0 Å². The Hall–Kier alpha value is -2.15. The molecule has 7 heteroatoms. The molecule has 1 aromatic rings. The van der Waals surface area contributed by atoms with E-state index in [4.69, 9.17) is 0 Å². The number of nitrogens with zero attached hydrogens (tertiary/aromatic N) is 1. The van der Waals surface area contributed by atoms with Crippen molar-refractivity contribution in [2.75, 3.05) is 11.2 Å². The largest absolute Gasteiger partial charge is 0.383 e. The predicted molar refractivity (Wildman–Crippen MR) is 63.5 cm³/mol. The summed E-state index contributed by atoms with van der Waals surface area (Å²) in [5.74, 6) is -0.907. The Morgan fingerprint density at radius 1 is 1.11 bits per heavy atom. The highest BCUT2D eigenvalue weighted by Gasteiger charge is 2.25. The van der Waals surface area contributed by atoms with Crippen LogP contribution in [0.25, 0.3) is 0 Å². The van der Waals surface area contributed by atoms with Gasteiger partial charge in [0.25, 0.3) is 11.8 Å². The van der Waals surface area contributed by atoms with E-state index < -0.39 is 21.9 Å². The first-order valence-electron chi connectivity index (χ1n) is 4.92. The van der Waals surface area contributed by atoms with Gasteiger partial charge in [-0.1, -0.05) is 6.07 Å². The van der Waals surface area contributed by atoms with Crippen LogP contribution in [0.15, 0.2) is 36.4 Å². The summed E-state index contributed by atoms with van der Waals surface area (Å²) in [7, 11) is -3.65. The van der Waals surface area contributed by atoms with Crippen molar-refractivity contribution in [3.63, 3.8) is 0 Å². The summed E-state index contributed by atoms with van der Waals surface area (Å²) < 4.78 is 26.6. The van der Waals surface area contributed by atoms with Gasteiger partial charge in [0.2, 0.25) is 0 Å². The second-order valence-electron chi connectivity index (χ2n) is 3.63. The maximum absolute atomic E-state index is 11.4. The van der Waals surface area contributed by atoms with Crippen LogP contribution in [0, 0.1) is 0 Å². The van der Waals surface area contributed by atoms with Gasteiger partial charge in [-0.2, -0.15) is 8.42 Å². The average molecular weight is 267 g/mol. The number of anilines is 1. The van der Waals surface area contributed by atoms with Crippen LogP contribution in [0.2, 0.25) is 0 Å². The van der Waals surface area contributed by atoms with E-state index in [-0.39, 0.29) is 11.4 Å². The molecule has 0 spiro atoms. The van der Waals surface area contributed by atoms with Gasteiger partial charge in [-0.25, -0.2) is 4.90 Å². The topological polar surface area (TPSA) is 80.8 Å². The minimum absolute atomic E-state index is 0.0440. The lowest BCUT2D eigenvalue weighted by Gasteiger charge is -2.14. The third-order valence-corrected chi connectivity index (χ3v) is 2.63. The van der Waals surface area contributed by atoms with Gasteiger partial charge >= 0.3 is 10.1 Å². The average Bonchev–Trinajstić information content (AvgIpc) is 2.56. The molecular formula is C11H9NO5S. The van der Waals surface area contributed by atoms with E-state index in [2.05, 4.69) is 4.18 Å². The first-order chi connectivity index (χ1) is 8.37. The number of carbonyl (C=O) groups is 2.